The van der Waals surface area contributed by atoms with E-state index < -0.39 is 0 Å². The van der Waals surface area contributed by atoms with E-state index in [0.717, 1.165) is 18.0 Å². The van der Waals surface area contributed by atoms with Gasteiger partial charge in [-0.2, -0.15) is 5.10 Å². The minimum atomic E-state index is -0.0883. The molecule has 0 radical (unpaired) electrons. The molecule has 1 aliphatic heterocycles. The van der Waals surface area contributed by atoms with E-state index in [4.69, 9.17) is 0 Å². The summed E-state index contributed by atoms with van der Waals surface area (Å²) in [7, 11) is 1.80. The maximum absolute atomic E-state index is 12.0. The fourth-order valence-electron chi connectivity index (χ4n) is 3.06. The van der Waals surface area contributed by atoms with Crippen LogP contribution in [0.5, 0.6) is 0 Å². The Morgan fingerprint density at radius 1 is 1.21 bits per heavy atom. The average molecular weight is 326 g/mol. The molecular formula is C19H26N4O. The molecule has 1 fully saturated rings. The van der Waals surface area contributed by atoms with Gasteiger partial charge in [-0.05, 0) is 43.0 Å². The van der Waals surface area contributed by atoms with Gasteiger partial charge in [-0.1, -0.05) is 31.2 Å². The molecule has 2 heterocycles. The second-order valence-corrected chi connectivity index (χ2v) is 6.86. The van der Waals surface area contributed by atoms with Gasteiger partial charge in [-0.3, -0.25) is 14.4 Å². The number of nitrogens with one attached hydrogen (secondary N) is 1. The number of amides is 1. The van der Waals surface area contributed by atoms with Crippen LogP contribution in [0, 0.1) is 5.92 Å². The molecule has 0 saturated carbocycles. The molecule has 1 aromatic heterocycles. The van der Waals surface area contributed by atoms with Crippen molar-refractivity contribution in [3.63, 3.8) is 0 Å². The summed E-state index contributed by atoms with van der Waals surface area (Å²) in [5.41, 5.74) is 3.04. The van der Waals surface area contributed by atoms with Crippen LogP contribution in [0.25, 0.3) is 0 Å². The molecule has 2 aromatic rings. The lowest BCUT2D eigenvalue weighted by molar-refractivity contribution is 0.0951. The first-order valence-electron chi connectivity index (χ1n) is 8.67. The first kappa shape index (κ1) is 16.7. The molecule has 1 N–H and O–H groups in total. The molecule has 0 aliphatic carbocycles. The van der Waals surface area contributed by atoms with Crippen molar-refractivity contribution < 1.29 is 4.79 Å². The lowest BCUT2D eigenvalue weighted by atomic mass is 9.99. The Bertz CT molecular complexity index is 669. The quantitative estimate of drug-likeness (QED) is 0.919. The third-order valence-electron chi connectivity index (χ3n) is 4.73. The number of hydrogen-bond acceptors (Lipinski definition) is 3. The highest BCUT2D eigenvalue weighted by Gasteiger charge is 2.15. The minimum Gasteiger partial charge on any atom is -0.348 e. The lowest BCUT2D eigenvalue weighted by Crippen LogP contribution is -2.32. The van der Waals surface area contributed by atoms with E-state index in [2.05, 4.69) is 46.5 Å². The van der Waals surface area contributed by atoms with Crippen LogP contribution in [-0.4, -0.2) is 33.7 Å². The molecule has 1 aromatic carbocycles. The minimum absolute atomic E-state index is 0.0883. The molecule has 0 spiro atoms. The lowest BCUT2D eigenvalue weighted by Gasteiger charge is -2.30. The summed E-state index contributed by atoms with van der Waals surface area (Å²) in [6.07, 6.45) is 5.91. The number of carbonyl (C=O) groups excluding carboxylic acids is 1. The summed E-state index contributed by atoms with van der Waals surface area (Å²) in [6, 6.07) is 8.55. The number of hydrogen-bond donors (Lipinski definition) is 1. The zero-order valence-corrected chi connectivity index (χ0v) is 14.5. The van der Waals surface area contributed by atoms with Crippen LogP contribution < -0.4 is 5.32 Å². The number of likely N-dealkylation sites (tertiary alicyclic amines) is 1. The van der Waals surface area contributed by atoms with Crippen LogP contribution in [0.15, 0.2) is 36.7 Å². The molecule has 1 aliphatic rings. The molecule has 0 unspecified atom stereocenters. The Balaban J connectivity index is 1.48. The third kappa shape index (κ3) is 4.45. The Labute approximate surface area is 143 Å². The zero-order chi connectivity index (χ0) is 16.9. The first-order chi connectivity index (χ1) is 11.6. The largest absolute Gasteiger partial charge is 0.348 e. The number of piperidine rings is 1. The fraction of sp³-hybridized carbons (Fsp3) is 0.474. The van der Waals surface area contributed by atoms with E-state index in [-0.39, 0.29) is 5.91 Å². The predicted octanol–water partition coefficient (Wildman–Crippen LogP) is 2.58. The van der Waals surface area contributed by atoms with E-state index in [1.54, 1.807) is 24.1 Å². The van der Waals surface area contributed by atoms with Gasteiger partial charge in [-0.15, -0.1) is 0 Å². The fourth-order valence-corrected chi connectivity index (χ4v) is 3.06. The van der Waals surface area contributed by atoms with Crippen molar-refractivity contribution in [2.24, 2.45) is 13.0 Å². The third-order valence-corrected chi connectivity index (χ3v) is 4.73. The number of aromatic nitrogens is 2. The van der Waals surface area contributed by atoms with Crippen molar-refractivity contribution in [2.75, 3.05) is 13.1 Å². The SMILES string of the molecule is CC1CCN(Cc2ccc(CNC(=O)c3cnn(C)c3)cc2)CC1. The van der Waals surface area contributed by atoms with Crippen molar-refractivity contribution in [3.8, 4) is 0 Å². The van der Waals surface area contributed by atoms with Gasteiger partial charge in [0.15, 0.2) is 0 Å². The van der Waals surface area contributed by atoms with Gasteiger partial charge in [0.25, 0.3) is 5.91 Å². The average Bonchev–Trinajstić information content (AvgIpc) is 3.03. The van der Waals surface area contributed by atoms with Crippen LogP contribution in [0.1, 0.15) is 41.3 Å². The highest BCUT2D eigenvalue weighted by Crippen LogP contribution is 2.18. The van der Waals surface area contributed by atoms with Gasteiger partial charge in [-0.25, -0.2) is 0 Å². The van der Waals surface area contributed by atoms with Gasteiger partial charge in [0.2, 0.25) is 0 Å². The Kier molecular flexibility index (Phi) is 5.30. The standard InChI is InChI=1S/C19H26N4O/c1-15-7-9-23(10-8-15)13-17-5-3-16(4-6-17)11-20-19(24)18-12-21-22(2)14-18/h3-6,12,14-15H,7-11,13H2,1-2H3,(H,20,24). The summed E-state index contributed by atoms with van der Waals surface area (Å²) in [6.45, 7) is 6.30. The predicted molar refractivity (Wildman–Crippen MR) is 94.5 cm³/mol. The van der Waals surface area contributed by atoms with Gasteiger partial charge in [0, 0.05) is 26.3 Å². The Morgan fingerprint density at radius 2 is 1.88 bits per heavy atom. The van der Waals surface area contributed by atoms with E-state index in [1.807, 2.05) is 0 Å². The van der Waals surface area contributed by atoms with Crippen LogP contribution in [0.3, 0.4) is 0 Å². The van der Waals surface area contributed by atoms with Gasteiger partial charge in [0.1, 0.15) is 0 Å². The number of aryl methyl sites for hydroxylation is 1. The topological polar surface area (TPSA) is 50.2 Å². The maximum atomic E-state index is 12.0. The van der Waals surface area contributed by atoms with E-state index >= 15 is 0 Å². The van der Waals surface area contributed by atoms with Crippen LogP contribution in [0.2, 0.25) is 0 Å². The summed E-state index contributed by atoms with van der Waals surface area (Å²) in [5.74, 6) is 0.779. The first-order valence-corrected chi connectivity index (χ1v) is 8.67. The molecule has 0 bridgehead atoms. The van der Waals surface area contributed by atoms with Crippen molar-refractivity contribution in [1.29, 1.82) is 0 Å². The molecular weight excluding hydrogens is 300 g/mol. The smallest absolute Gasteiger partial charge is 0.254 e. The molecule has 1 amide bonds. The van der Waals surface area contributed by atoms with Crippen LogP contribution in [-0.2, 0) is 20.1 Å². The van der Waals surface area contributed by atoms with Crippen molar-refractivity contribution in [1.82, 2.24) is 20.0 Å². The number of benzene rings is 1. The second-order valence-electron chi connectivity index (χ2n) is 6.86. The summed E-state index contributed by atoms with van der Waals surface area (Å²) < 4.78 is 1.63. The number of carbonyl (C=O) groups is 1. The molecule has 0 atom stereocenters. The van der Waals surface area contributed by atoms with E-state index in [9.17, 15) is 4.79 Å². The monoisotopic (exact) mass is 326 g/mol. The van der Waals surface area contributed by atoms with E-state index in [1.165, 1.54) is 31.5 Å². The van der Waals surface area contributed by atoms with Crippen LogP contribution >= 0.6 is 0 Å². The summed E-state index contributed by atoms with van der Waals surface area (Å²) >= 11 is 0. The molecule has 5 nitrogen and oxygen atoms in total. The van der Waals surface area contributed by atoms with E-state index in [0.29, 0.717) is 12.1 Å². The highest BCUT2D eigenvalue weighted by atomic mass is 16.1. The molecule has 24 heavy (non-hydrogen) atoms. The summed E-state index contributed by atoms with van der Waals surface area (Å²) in [5, 5.41) is 6.95. The van der Waals surface area contributed by atoms with Crippen molar-refractivity contribution >= 4 is 5.91 Å². The summed E-state index contributed by atoms with van der Waals surface area (Å²) in [4.78, 5) is 14.5. The normalized spacial score (nSPS) is 16.2. The molecule has 3 rings (SSSR count). The number of rotatable bonds is 5. The number of nitrogens with zero attached hydrogens (tertiary/aromatic N) is 3. The Hall–Kier alpha value is -2.14. The second kappa shape index (κ2) is 7.62. The van der Waals surface area contributed by atoms with Gasteiger partial charge >= 0.3 is 0 Å². The zero-order valence-electron chi connectivity index (χ0n) is 14.5. The van der Waals surface area contributed by atoms with Crippen LogP contribution in [0.4, 0.5) is 0 Å². The molecule has 128 valence electrons. The highest BCUT2D eigenvalue weighted by molar-refractivity contribution is 5.93. The van der Waals surface area contributed by atoms with Crippen molar-refractivity contribution in [2.45, 2.75) is 32.9 Å². The maximum Gasteiger partial charge on any atom is 0.254 e. The molecule has 1 saturated heterocycles. The molecule has 5 heteroatoms. The van der Waals surface area contributed by atoms with Gasteiger partial charge in [0.05, 0.1) is 11.8 Å². The van der Waals surface area contributed by atoms with Crippen molar-refractivity contribution in [3.05, 3.63) is 53.3 Å². The van der Waals surface area contributed by atoms with Gasteiger partial charge < -0.3 is 5.32 Å². The Morgan fingerprint density at radius 3 is 2.50 bits per heavy atom.